The lowest BCUT2D eigenvalue weighted by atomic mass is 9.71. The van der Waals surface area contributed by atoms with Gasteiger partial charge in [0.15, 0.2) is 5.82 Å². The van der Waals surface area contributed by atoms with Crippen molar-refractivity contribution in [2.24, 2.45) is 11.8 Å². The molecule has 5 rings (SSSR count). The predicted octanol–water partition coefficient (Wildman–Crippen LogP) is 4.56. The third-order valence-electron chi connectivity index (χ3n) is 6.61. The highest BCUT2D eigenvalue weighted by Crippen LogP contribution is 2.50. The van der Waals surface area contributed by atoms with Crippen molar-refractivity contribution < 1.29 is 30.8 Å². The smallest absolute Gasteiger partial charge is 0.263 e. The van der Waals surface area contributed by atoms with Crippen LogP contribution in [0.3, 0.4) is 0 Å². The van der Waals surface area contributed by atoms with Crippen LogP contribution in [0.25, 0.3) is 16.6 Å². The molecule has 8 nitrogen and oxygen atoms in total. The number of halogens is 3. The molecule has 12 heteroatoms. The maximum Gasteiger partial charge on any atom is 0.263 e. The molecule has 2 aliphatic rings. The number of aromatic nitrogens is 2. The van der Waals surface area contributed by atoms with Crippen molar-refractivity contribution in [2.75, 3.05) is 11.8 Å². The fourth-order valence-electron chi connectivity index (χ4n) is 4.78. The molecule has 0 aliphatic heterocycles. The van der Waals surface area contributed by atoms with Crippen LogP contribution in [0, 0.1) is 11.8 Å². The van der Waals surface area contributed by atoms with E-state index >= 15 is 4.39 Å². The molecule has 0 amide bonds. The normalized spacial score (nSPS) is 22.3. The number of nitrogens with zero attached hydrogens (tertiary/aromatic N) is 2. The van der Waals surface area contributed by atoms with Gasteiger partial charge in [0.2, 0.25) is 5.92 Å². The number of hydrogen-bond acceptors (Lipinski definition) is 6. The van der Waals surface area contributed by atoms with Gasteiger partial charge in [-0.3, -0.25) is 14.1 Å². The maximum atomic E-state index is 15.5. The van der Waals surface area contributed by atoms with Gasteiger partial charge in [0.25, 0.3) is 15.6 Å². The van der Waals surface area contributed by atoms with Crippen LogP contribution in [0.5, 0.6) is 0 Å². The second kappa shape index (κ2) is 8.54. The molecule has 1 N–H and O–H groups in total. The van der Waals surface area contributed by atoms with Gasteiger partial charge < -0.3 is 9.26 Å². The lowest BCUT2D eigenvalue weighted by Gasteiger charge is -2.40. The number of benzene rings is 1. The summed E-state index contributed by atoms with van der Waals surface area (Å²) in [5.74, 6) is -4.08. The van der Waals surface area contributed by atoms with Gasteiger partial charge in [-0.2, -0.15) is 0 Å². The van der Waals surface area contributed by atoms with E-state index in [2.05, 4.69) is 14.4 Å². The van der Waals surface area contributed by atoms with Crippen LogP contribution in [0.2, 0.25) is 0 Å². The first kappa shape index (κ1) is 24.2. The maximum absolute atomic E-state index is 15.5. The monoisotopic (exact) mass is 521 g/mol. The molecule has 3 aromatic rings. The van der Waals surface area contributed by atoms with Crippen molar-refractivity contribution in [2.45, 2.75) is 36.8 Å². The van der Waals surface area contributed by atoms with Crippen LogP contribution in [0.15, 0.2) is 74.3 Å². The van der Waals surface area contributed by atoms with E-state index < -0.39 is 52.4 Å². The van der Waals surface area contributed by atoms with Gasteiger partial charge in [-0.05, 0) is 41.8 Å². The van der Waals surface area contributed by atoms with E-state index in [-0.39, 0.29) is 27.7 Å². The summed E-state index contributed by atoms with van der Waals surface area (Å²) in [6.07, 6.45) is 0.190. The van der Waals surface area contributed by atoms with Crippen molar-refractivity contribution in [1.29, 1.82) is 0 Å². The van der Waals surface area contributed by atoms with E-state index in [1.807, 2.05) is 0 Å². The Balaban J connectivity index is 1.61. The van der Waals surface area contributed by atoms with E-state index in [0.717, 1.165) is 0 Å². The van der Waals surface area contributed by atoms with E-state index in [1.165, 1.54) is 60.4 Å². The quantitative estimate of drug-likeness (QED) is 0.510. The molecule has 2 aromatic heterocycles. The number of alkyl halides is 3. The number of nitrogens with one attached hydrogen (secondary N) is 1. The average molecular weight is 522 g/mol. The van der Waals surface area contributed by atoms with Gasteiger partial charge in [0.05, 0.1) is 23.2 Å². The highest BCUT2D eigenvalue weighted by molar-refractivity contribution is 7.92. The number of ether oxygens (including phenoxy) is 1. The molecule has 2 aliphatic carbocycles. The standard InChI is InChI=1S/C24H22F3N3O5S/c1-13-22(25)17(15-11-24(26,27)12-15)10-19(34-2)23(13)30-18-5-4-16(9-14(18)3-6-21(30)31)36(32,33)29-20-7-8-35-28-20/h3-10,13,15,22H,11-12H2,1-2H3,(H,28,29). The molecule has 190 valence electrons. The molecule has 2 atom stereocenters. The molecular weight excluding hydrogens is 499 g/mol. The summed E-state index contributed by atoms with van der Waals surface area (Å²) >= 11 is 0. The number of rotatable bonds is 6. The largest absolute Gasteiger partial charge is 0.495 e. The molecule has 0 saturated heterocycles. The molecular formula is C24H22F3N3O5S. The lowest BCUT2D eigenvalue weighted by Crippen LogP contribution is -2.41. The van der Waals surface area contributed by atoms with Crippen molar-refractivity contribution in [3.05, 3.63) is 70.4 Å². The van der Waals surface area contributed by atoms with Crippen LogP contribution in [0.1, 0.15) is 19.8 Å². The topological polar surface area (TPSA) is 103 Å². The Kier molecular flexibility index (Phi) is 5.73. The highest BCUT2D eigenvalue weighted by Gasteiger charge is 2.50. The third kappa shape index (κ3) is 4.08. The average Bonchev–Trinajstić information content (AvgIpc) is 3.31. The molecule has 1 saturated carbocycles. The first-order valence-electron chi connectivity index (χ1n) is 11.1. The number of methoxy groups -OCH3 is 1. The highest BCUT2D eigenvalue weighted by atomic mass is 32.2. The summed E-state index contributed by atoms with van der Waals surface area (Å²) in [7, 11) is -2.65. The van der Waals surface area contributed by atoms with E-state index in [0.29, 0.717) is 10.9 Å². The summed E-state index contributed by atoms with van der Waals surface area (Å²) in [4.78, 5) is 12.9. The van der Waals surface area contributed by atoms with Crippen LogP contribution < -0.4 is 10.3 Å². The Hall–Kier alpha value is -3.54. The van der Waals surface area contributed by atoms with Crippen LogP contribution in [-0.4, -0.2) is 37.3 Å². The number of hydrogen-bond donors (Lipinski definition) is 1. The second-order valence-electron chi connectivity index (χ2n) is 8.97. The first-order chi connectivity index (χ1) is 17.0. The van der Waals surface area contributed by atoms with Gasteiger partial charge >= 0.3 is 0 Å². The van der Waals surface area contributed by atoms with Gasteiger partial charge in [0, 0.05) is 36.3 Å². The van der Waals surface area contributed by atoms with Crippen molar-refractivity contribution >= 4 is 32.4 Å². The van der Waals surface area contributed by atoms with Crippen LogP contribution >= 0.6 is 0 Å². The van der Waals surface area contributed by atoms with E-state index in [1.54, 1.807) is 6.92 Å². The summed E-state index contributed by atoms with van der Waals surface area (Å²) in [5.41, 5.74) is 0.314. The zero-order valence-electron chi connectivity index (χ0n) is 19.2. The zero-order valence-corrected chi connectivity index (χ0v) is 20.1. The Morgan fingerprint density at radius 1 is 1.19 bits per heavy atom. The van der Waals surface area contributed by atoms with E-state index in [9.17, 15) is 22.0 Å². The molecule has 36 heavy (non-hydrogen) atoms. The molecule has 1 fully saturated rings. The molecule has 0 radical (unpaired) electrons. The zero-order chi connectivity index (χ0) is 25.8. The van der Waals surface area contributed by atoms with E-state index in [4.69, 9.17) is 4.74 Å². The van der Waals surface area contributed by atoms with Crippen molar-refractivity contribution in [3.8, 4) is 0 Å². The Bertz CT molecular complexity index is 1550. The fraction of sp³-hybridized carbons (Fsp3) is 0.333. The SMILES string of the molecule is COC1=C(n2c(=O)ccc3cc(S(=O)(=O)Nc4ccon4)ccc32)C(C)C(F)C(C2CC(F)(F)C2)=C1. The van der Waals surface area contributed by atoms with Gasteiger partial charge in [0.1, 0.15) is 18.2 Å². The summed E-state index contributed by atoms with van der Waals surface area (Å²) in [6.45, 7) is 1.56. The van der Waals surface area contributed by atoms with Crippen molar-refractivity contribution in [3.63, 3.8) is 0 Å². The Labute approximate surface area is 204 Å². The predicted molar refractivity (Wildman–Crippen MR) is 126 cm³/mol. The third-order valence-corrected chi connectivity index (χ3v) is 7.97. The fourth-order valence-corrected chi connectivity index (χ4v) is 5.80. The number of anilines is 1. The minimum atomic E-state index is -4.01. The molecule has 2 unspecified atom stereocenters. The number of sulfonamides is 1. The van der Waals surface area contributed by atoms with Crippen LogP contribution in [-0.2, 0) is 14.8 Å². The summed E-state index contributed by atoms with van der Waals surface area (Å²) in [5, 5.41) is 3.93. The minimum absolute atomic E-state index is 0.00629. The van der Waals surface area contributed by atoms with Gasteiger partial charge in [-0.1, -0.05) is 12.1 Å². The summed E-state index contributed by atoms with van der Waals surface area (Å²) in [6, 6.07) is 8.19. The summed E-state index contributed by atoms with van der Waals surface area (Å²) < 4.78 is 81.6. The van der Waals surface area contributed by atoms with Gasteiger partial charge in [-0.25, -0.2) is 21.6 Å². The molecule has 2 heterocycles. The number of pyridine rings is 1. The first-order valence-corrected chi connectivity index (χ1v) is 12.6. The van der Waals surface area contributed by atoms with Crippen molar-refractivity contribution in [1.82, 2.24) is 9.72 Å². The molecule has 0 spiro atoms. The second-order valence-corrected chi connectivity index (χ2v) is 10.6. The molecule has 1 aromatic carbocycles. The Morgan fingerprint density at radius 2 is 1.94 bits per heavy atom. The minimum Gasteiger partial charge on any atom is -0.495 e. The Morgan fingerprint density at radius 3 is 2.58 bits per heavy atom. The number of allylic oxidation sites excluding steroid dienone is 3. The van der Waals surface area contributed by atoms with Gasteiger partial charge in [-0.15, -0.1) is 0 Å². The van der Waals surface area contributed by atoms with Crippen LogP contribution in [0.4, 0.5) is 19.0 Å². The molecule has 0 bridgehead atoms. The number of fused-ring (bicyclic) bond motifs is 1. The lowest BCUT2D eigenvalue weighted by molar-refractivity contribution is -0.102.